The van der Waals surface area contributed by atoms with E-state index >= 15 is 0 Å². The van der Waals surface area contributed by atoms with Crippen LogP contribution in [0.15, 0.2) is 48.5 Å². The third kappa shape index (κ3) is 1.63. The van der Waals surface area contributed by atoms with E-state index in [2.05, 4.69) is 24.3 Å². The Kier molecular flexibility index (Phi) is 2.50. The summed E-state index contributed by atoms with van der Waals surface area (Å²) >= 11 is 0. The Bertz CT molecular complexity index is 392. The fourth-order valence-corrected chi connectivity index (χ4v) is 1.82. The molecule has 3 radical (unpaired) electrons. The van der Waals surface area contributed by atoms with Crippen molar-refractivity contribution in [2.45, 2.75) is 6.42 Å². The second-order valence-corrected chi connectivity index (χ2v) is 3.49. The van der Waals surface area contributed by atoms with E-state index < -0.39 is 0 Å². The Balaban J connectivity index is 0.000000853. The first-order valence-corrected chi connectivity index (χ1v) is 4.77. The molecule has 0 saturated heterocycles. The largest absolute Gasteiger partial charge is 0.457 e. The molecule has 0 saturated carbocycles. The van der Waals surface area contributed by atoms with Gasteiger partial charge in [0, 0.05) is 14.8 Å². The molecule has 0 spiro atoms. The van der Waals surface area contributed by atoms with Crippen LogP contribution in [0.1, 0.15) is 11.1 Å². The van der Waals surface area contributed by atoms with Gasteiger partial charge in [0.2, 0.25) is 0 Å². The normalized spacial score (nSPS) is 11.7. The molecule has 1 aliphatic heterocycles. The Hall–Kier alpha value is -1.70. The lowest BCUT2D eigenvalue weighted by Gasteiger charge is -2.19. The molecule has 2 heteroatoms. The Morgan fingerprint density at radius 2 is 1.20 bits per heavy atom. The van der Waals surface area contributed by atoms with E-state index in [9.17, 15) is 0 Å². The Labute approximate surface area is 91.3 Å². The molecule has 0 fully saturated rings. The fraction of sp³-hybridized carbons (Fsp3) is 0.0769. The van der Waals surface area contributed by atoms with Crippen LogP contribution in [-0.2, 0) is 6.42 Å². The van der Waals surface area contributed by atoms with E-state index in [4.69, 9.17) is 4.74 Å². The van der Waals surface area contributed by atoms with Crippen LogP contribution >= 0.6 is 0 Å². The first-order valence-electron chi connectivity index (χ1n) is 4.77. The van der Waals surface area contributed by atoms with Gasteiger partial charge in [-0.25, -0.2) is 0 Å². The molecular weight excluding hydrogens is 183 g/mol. The number of benzene rings is 2. The second kappa shape index (κ2) is 3.81. The lowest BCUT2D eigenvalue weighted by atomic mass is 10.0. The minimum absolute atomic E-state index is 0. The van der Waals surface area contributed by atoms with Gasteiger partial charge in [0.05, 0.1) is 0 Å². The van der Waals surface area contributed by atoms with E-state index in [0.717, 1.165) is 17.9 Å². The number of para-hydroxylation sites is 2. The third-order valence-electron chi connectivity index (χ3n) is 2.55. The molecule has 3 rings (SSSR count). The summed E-state index contributed by atoms with van der Waals surface area (Å²) in [6.45, 7) is 0. The van der Waals surface area contributed by atoms with Crippen molar-refractivity contribution in [3.05, 3.63) is 59.7 Å². The molecule has 2 aromatic carbocycles. The molecule has 0 aromatic heterocycles. The Morgan fingerprint density at radius 1 is 0.733 bits per heavy atom. The van der Waals surface area contributed by atoms with E-state index in [1.165, 1.54) is 11.1 Å². The molecule has 0 bridgehead atoms. The fourth-order valence-electron chi connectivity index (χ4n) is 1.82. The van der Waals surface area contributed by atoms with Crippen molar-refractivity contribution < 1.29 is 4.74 Å². The number of fused-ring (bicyclic) bond motifs is 2. The molecule has 15 heavy (non-hydrogen) atoms. The highest BCUT2D eigenvalue weighted by atomic mass is 16.5. The number of hydrogen-bond donors (Lipinski definition) is 0. The van der Waals surface area contributed by atoms with Crippen molar-refractivity contribution in [1.29, 1.82) is 0 Å². The van der Waals surface area contributed by atoms with Crippen LogP contribution in [0.4, 0.5) is 0 Å². The monoisotopic (exact) mass is 193 g/mol. The molecule has 71 valence electrons. The average molecular weight is 193 g/mol. The van der Waals surface area contributed by atoms with Gasteiger partial charge in [-0.2, -0.15) is 0 Å². The molecule has 2 aromatic rings. The summed E-state index contributed by atoms with van der Waals surface area (Å²) in [5, 5.41) is 0. The molecule has 0 atom stereocenters. The Morgan fingerprint density at radius 3 is 1.73 bits per heavy atom. The zero-order chi connectivity index (χ0) is 9.38. The number of ether oxygens (including phenoxy) is 1. The second-order valence-electron chi connectivity index (χ2n) is 3.49. The van der Waals surface area contributed by atoms with E-state index in [0.29, 0.717) is 0 Å². The maximum absolute atomic E-state index is 5.78. The maximum atomic E-state index is 5.78. The minimum Gasteiger partial charge on any atom is -0.457 e. The SMILES string of the molecule is [B].c1ccc2c(c1)Cc1ccccc1O2. The predicted molar refractivity (Wildman–Crippen MR) is 61.5 cm³/mol. The van der Waals surface area contributed by atoms with Crippen LogP contribution in [0.3, 0.4) is 0 Å². The lowest BCUT2D eigenvalue weighted by Crippen LogP contribution is -2.01. The van der Waals surface area contributed by atoms with Gasteiger partial charge in [-0.3, -0.25) is 0 Å². The predicted octanol–water partition coefficient (Wildman–Crippen LogP) is 3.00. The molecule has 1 nitrogen and oxygen atoms in total. The van der Waals surface area contributed by atoms with Gasteiger partial charge in [-0.1, -0.05) is 36.4 Å². The van der Waals surface area contributed by atoms with Gasteiger partial charge < -0.3 is 4.74 Å². The smallest absolute Gasteiger partial charge is 0.130 e. The van der Waals surface area contributed by atoms with E-state index in [1.807, 2.05) is 24.3 Å². The van der Waals surface area contributed by atoms with Crippen LogP contribution in [0.25, 0.3) is 0 Å². The van der Waals surface area contributed by atoms with Crippen molar-refractivity contribution in [2.24, 2.45) is 0 Å². The van der Waals surface area contributed by atoms with Crippen molar-refractivity contribution in [2.75, 3.05) is 0 Å². The summed E-state index contributed by atoms with van der Waals surface area (Å²) in [6, 6.07) is 16.4. The van der Waals surface area contributed by atoms with Crippen molar-refractivity contribution in [1.82, 2.24) is 0 Å². The van der Waals surface area contributed by atoms with Gasteiger partial charge in [0.25, 0.3) is 0 Å². The molecule has 0 aliphatic carbocycles. The van der Waals surface area contributed by atoms with Crippen LogP contribution < -0.4 is 4.74 Å². The third-order valence-corrected chi connectivity index (χ3v) is 2.55. The quantitative estimate of drug-likeness (QED) is 0.498. The zero-order valence-corrected chi connectivity index (χ0v) is 8.31. The number of hydrogen-bond acceptors (Lipinski definition) is 1. The van der Waals surface area contributed by atoms with E-state index in [-0.39, 0.29) is 8.41 Å². The zero-order valence-electron chi connectivity index (χ0n) is 8.31. The molecule has 0 N–H and O–H groups in total. The standard InChI is InChI=1S/C13H10O.B/c1-3-7-12-10(5-1)9-11-6-2-4-8-13(11)14-12;/h1-8H,9H2;. The van der Waals surface area contributed by atoms with Gasteiger partial charge in [-0.15, -0.1) is 0 Å². The van der Waals surface area contributed by atoms with Crippen molar-refractivity contribution in [3.63, 3.8) is 0 Å². The van der Waals surface area contributed by atoms with Crippen LogP contribution in [-0.4, -0.2) is 8.41 Å². The highest BCUT2D eigenvalue weighted by Crippen LogP contribution is 2.35. The van der Waals surface area contributed by atoms with Gasteiger partial charge in [-0.05, 0) is 23.3 Å². The summed E-state index contributed by atoms with van der Waals surface area (Å²) in [5.74, 6) is 1.98. The summed E-state index contributed by atoms with van der Waals surface area (Å²) in [7, 11) is 0. The van der Waals surface area contributed by atoms with Gasteiger partial charge in [0.15, 0.2) is 0 Å². The molecule has 0 amide bonds. The maximum Gasteiger partial charge on any atom is 0.130 e. The topological polar surface area (TPSA) is 9.23 Å². The molecule has 0 unspecified atom stereocenters. The molecule has 1 heterocycles. The summed E-state index contributed by atoms with van der Waals surface area (Å²) in [6.07, 6.45) is 0.979. The van der Waals surface area contributed by atoms with Gasteiger partial charge in [0.1, 0.15) is 11.5 Å². The lowest BCUT2D eigenvalue weighted by molar-refractivity contribution is 0.460. The highest BCUT2D eigenvalue weighted by Gasteiger charge is 2.14. The molecule has 1 aliphatic rings. The van der Waals surface area contributed by atoms with Gasteiger partial charge >= 0.3 is 0 Å². The minimum atomic E-state index is 0. The highest BCUT2D eigenvalue weighted by molar-refractivity contribution is 5.75. The first-order chi connectivity index (χ1) is 6.93. The molecular formula is C13H10BO. The average Bonchev–Trinajstić information content (AvgIpc) is 2.26. The summed E-state index contributed by atoms with van der Waals surface area (Å²) in [4.78, 5) is 0. The van der Waals surface area contributed by atoms with Crippen molar-refractivity contribution in [3.8, 4) is 11.5 Å². The summed E-state index contributed by atoms with van der Waals surface area (Å²) in [5.41, 5.74) is 2.54. The van der Waals surface area contributed by atoms with E-state index in [1.54, 1.807) is 0 Å². The summed E-state index contributed by atoms with van der Waals surface area (Å²) < 4.78 is 5.78. The van der Waals surface area contributed by atoms with Crippen LogP contribution in [0.2, 0.25) is 0 Å². The van der Waals surface area contributed by atoms with Crippen molar-refractivity contribution >= 4 is 8.41 Å². The first kappa shape index (κ1) is 9.84. The van der Waals surface area contributed by atoms with Crippen LogP contribution in [0, 0.1) is 0 Å². The number of rotatable bonds is 0. The van der Waals surface area contributed by atoms with Crippen LogP contribution in [0.5, 0.6) is 11.5 Å².